The Morgan fingerprint density at radius 2 is 1.75 bits per heavy atom. The maximum atomic E-state index is 6.42. The Bertz CT molecular complexity index is 286. The monoisotopic (exact) mass is 244 g/mol. The van der Waals surface area contributed by atoms with Gasteiger partial charge in [0, 0.05) is 0 Å². The van der Waals surface area contributed by atoms with E-state index < -0.39 is 12.3 Å². The fraction of sp³-hybridized carbons (Fsp3) is 0.400. The molecule has 1 aromatic carbocycles. The van der Waals surface area contributed by atoms with Crippen molar-refractivity contribution in [3.63, 3.8) is 0 Å². The van der Waals surface area contributed by atoms with Crippen molar-refractivity contribution in [2.24, 2.45) is 0 Å². The number of hydrogen-bond donors (Lipinski definition) is 0. The molecule has 0 unspecified atom stereocenters. The van der Waals surface area contributed by atoms with Crippen molar-refractivity contribution in [3.8, 4) is 0 Å². The summed E-state index contributed by atoms with van der Waals surface area (Å²) in [7, 11) is 6.42. The average molecular weight is 243 g/mol. The second kappa shape index (κ2) is 3.43. The van der Waals surface area contributed by atoms with Gasteiger partial charge in [0.05, 0.1) is 0 Å². The van der Waals surface area contributed by atoms with Gasteiger partial charge in [-0.25, -0.2) is 0 Å². The Hall–Kier alpha value is 0.0529. The van der Waals surface area contributed by atoms with E-state index in [2.05, 4.69) is 43.6 Å². The first-order valence-electron chi connectivity index (χ1n) is 4.18. The number of hydrogen-bond acceptors (Lipinski definition) is 0. The Kier molecular flexibility index (Phi) is 2.89. The third-order valence-corrected chi connectivity index (χ3v) is 6.91. The normalized spacial score (nSPS) is 11.8. The summed E-state index contributed by atoms with van der Waals surface area (Å²) >= 11 is -2.12. The van der Waals surface area contributed by atoms with Gasteiger partial charge in [0.15, 0.2) is 0 Å². The van der Waals surface area contributed by atoms with E-state index in [1.807, 2.05) is 0 Å². The molecule has 0 aliphatic heterocycles. The second-order valence-corrected chi connectivity index (χ2v) is 16.0. The van der Waals surface area contributed by atoms with Crippen LogP contribution in [0.15, 0.2) is 18.2 Å². The Morgan fingerprint density at radius 1 is 1.17 bits per heavy atom. The molecule has 0 nitrogen and oxygen atoms in total. The summed E-state index contributed by atoms with van der Waals surface area (Å²) in [6.07, 6.45) is 0. The molecule has 0 saturated carbocycles. The molecule has 0 bridgehead atoms. The van der Waals surface area contributed by atoms with E-state index in [0.717, 1.165) is 0 Å². The molecule has 0 saturated heterocycles. The first-order valence-corrected chi connectivity index (χ1v) is 12.2. The van der Waals surface area contributed by atoms with Crippen molar-refractivity contribution < 1.29 is 0 Å². The number of halogens is 1. The summed E-state index contributed by atoms with van der Waals surface area (Å²) in [6.45, 7) is 4.26. The minimum absolute atomic E-state index is 1.31. The van der Waals surface area contributed by atoms with Crippen LogP contribution in [0.2, 0.25) is 11.5 Å². The molecule has 66 valence electrons. The SMILES string of the molecule is Cc1ccc(C)[c]([Ge]([CH3])([CH3])[Cl])c1. The zero-order valence-corrected chi connectivity index (χ0v) is 11.0. The quantitative estimate of drug-likeness (QED) is 0.665. The Morgan fingerprint density at radius 3 is 2.17 bits per heavy atom. The first-order chi connectivity index (χ1) is 5.41. The van der Waals surface area contributed by atoms with Crippen molar-refractivity contribution in [1.29, 1.82) is 0 Å². The topological polar surface area (TPSA) is 0 Å². The molecule has 12 heavy (non-hydrogen) atoms. The van der Waals surface area contributed by atoms with Crippen LogP contribution >= 0.6 is 10.0 Å². The first kappa shape index (κ1) is 10.1. The van der Waals surface area contributed by atoms with Crippen LogP contribution in [-0.4, -0.2) is 12.3 Å². The van der Waals surface area contributed by atoms with Gasteiger partial charge in [0.2, 0.25) is 0 Å². The van der Waals surface area contributed by atoms with E-state index >= 15 is 0 Å². The molecule has 0 aliphatic rings. The molecule has 0 aromatic heterocycles. The fourth-order valence-corrected chi connectivity index (χ4v) is 5.77. The molecule has 0 fully saturated rings. The van der Waals surface area contributed by atoms with Gasteiger partial charge in [-0.05, 0) is 0 Å². The van der Waals surface area contributed by atoms with Crippen molar-refractivity contribution in [1.82, 2.24) is 0 Å². The minimum atomic E-state index is -2.12. The van der Waals surface area contributed by atoms with Crippen LogP contribution in [0.25, 0.3) is 0 Å². The number of rotatable bonds is 1. The zero-order chi connectivity index (χ0) is 9.35. The molecule has 0 N–H and O–H groups in total. The second-order valence-electron chi connectivity index (χ2n) is 3.79. The van der Waals surface area contributed by atoms with E-state index in [0.29, 0.717) is 0 Å². The molecule has 0 atom stereocenters. The van der Waals surface area contributed by atoms with Gasteiger partial charge in [0.1, 0.15) is 0 Å². The summed E-state index contributed by atoms with van der Waals surface area (Å²) in [4.78, 5) is 0. The molecular formula is C10H15ClGe. The van der Waals surface area contributed by atoms with E-state index in [1.165, 1.54) is 15.5 Å². The molecule has 0 heterocycles. The van der Waals surface area contributed by atoms with Crippen LogP contribution in [0.5, 0.6) is 0 Å². The van der Waals surface area contributed by atoms with Crippen molar-refractivity contribution in [3.05, 3.63) is 29.3 Å². The third-order valence-electron chi connectivity index (χ3n) is 2.03. The van der Waals surface area contributed by atoms with Crippen molar-refractivity contribution in [2.45, 2.75) is 25.4 Å². The summed E-state index contributed by atoms with van der Waals surface area (Å²) in [5, 5.41) is 0. The number of benzene rings is 1. The predicted molar refractivity (Wildman–Crippen MR) is 58.9 cm³/mol. The third kappa shape index (κ3) is 2.27. The van der Waals surface area contributed by atoms with Gasteiger partial charge < -0.3 is 0 Å². The molecule has 2 heteroatoms. The molecule has 0 spiro atoms. The van der Waals surface area contributed by atoms with Gasteiger partial charge in [-0.3, -0.25) is 0 Å². The van der Waals surface area contributed by atoms with Gasteiger partial charge in [-0.1, -0.05) is 0 Å². The maximum absolute atomic E-state index is 6.42. The summed E-state index contributed by atoms with van der Waals surface area (Å²) in [5.74, 6) is 4.42. The van der Waals surface area contributed by atoms with Gasteiger partial charge >= 0.3 is 81.4 Å². The molecule has 0 aliphatic carbocycles. The van der Waals surface area contributed by atoms with E-state index in [4.69, 9.17) is 10.0 Å². The number of aryl methyl sites for hydroxylation is 2. The van der Waals surface area contributed by atoms with E-state index in [1.54, 1.807) is 0 Å². The summed E-state index contributed by atoms with van der Waals surface area (Å²) in [6, 6.07) is 6.55. The van der Waals surface area contributed by atoms with Crippen molar-refractivity contribution >= 4 is 26.7 Å². The van der Waals surface area contributed by atoms with E-state index in [9.17, 15) is 0 Å². The Balaban J connectivity index is 3.23. The molecule has 0 amide bonds. The Labute approximate surface area is 81.5 Å². The van der Waals surface area contributed by atoms with Crippen LogP contribution in [-0.2, 0) is 0 Å². The standard InChI is InChI=1S/C10H15ClGe/c1-8-5-6-9(2)10(7-8)12(3,4)11/h5-7H,1-4H3. The van der Waals surface area contributed by atoms with Crippen LogP contribution in [0.1, 0.15) is 11.1 Å². The van der Waals surface area contributed by atoms with Crippen LogP contribution in [0.4, 0.5) is 0 Å². The molecule has 0 radical (unpaired) electrons. The van der Waals surface area contributed by atoms with Crippen LogP contribution in [0.3, 0.4) is 0 Å². The molecule has 1 aromatic rings. The van der Waals surface area contributed by atoms with Crippen LogP contribution in [0, 0.1) is 13.8 Å². The van der Waals surface area contributed by atoms with Crippen molar-refractivity contribution in [2.75, 3.05) is 0 Å². The van der Waals surface area contributed by atoms with E-state index in [-0.39, 0.29) is 0 Å². The average Bonchev–Trinajstić information content (AvgIpc) is 1.92. The molecule has 1 rings (SSSR count). The molecular weight excluding hydrogens is 228 g/mol. The van der Waals surface area contributed by atoms with Gasteiger partial charge in [-0.15, -0.1) is 0 Å². The predicted octanol–water partition coefficient (Wildman–Crippen LogP) is 2.95. The summed E-state index contributed by atoms with van der Waals surface area (Å²) in [5.41, 5.74) is 2.66. The van der Waals surface area contributed by atoms with Gasteiger partial charge in [-0.2, -0.15) is 0 Å². The zero-order valence-electron chi connectivity index (χ0n) is 8.11. The fourth-order valence-electron chi connectivity index (χ4n) is 1.38. The van der Waals surface area contributed by atoms with Crippen LogP contribution < -0.4 is 4.40 Å². The summed E-state index contributed by atoms with van der Waals surface area (Å²) < 4.78 is 1.41. The van der Waals surface area contributed by atoms with Gasteiger partial charge in [0.25, 0.3) is 0 Å².